The Morgan fingerprint density at radius 2 is 1.82 bits per heavy atom. The van der Waals surface area contributed by atoms with Gasteiger partial charge < -0.3 is 9.88 Å². The zero-order valence-corrected chi connectivity index (χ0v) is 12.2. The number of hydrogen-bond donors (Lipinski definition) is 1. The van der Waals surface area contributed by atoms with E-state index in [0.29, 0.717) is 0 Å². The summed E-state index contributed by atoms with van der Waals surface area (Å²) in [5.74, 6) is 0. The van der Waals surface area contributed by atoms with E-state index in [-0.39, 0.29) is 6.03 Å². The first kappa shape index (κ1) is 13.8. The van der Waals surface area contributed by atoms with Gasteiger partial charge in [-0.3, -0.25) is 0 Å². The molecule has 0 fully saturated rings. The van der Waals surface area contributed by atoms with E-state index in [4.69, 9.17) is 0 Å². The lowest BCUT2D eigenvalue weighted by Gasteiger charge is -2.34. The average molecular weight is 250 g/mol. The summed E-state index contributed by atoms with van der Waals surface area (Å²) in [6.07, 6.45) is 0.958. The van der Waals surface area contributed by atoms with Crippen molar-refractivity contribution in [3.8, 4) is 0 Å². The van der Waals surface area contributed by atoms with Gasteiger partial charge in [0.15, 0.2) is 8.24 Å². The van der Waals surface area contributed by atoms with Gasteiger partial charge in [0.05, 0.1) is 0 Å². The normalized spacial score (nSPS) is 11.1. The fourth-order valence-electron chi connectivity index (χ4n) is 1.70. The SMILES string of the molecule is CCCNC(=O)N(c1ccccc1)[Si](C)(C)C. The molecule has 0 saturated heterocycles. The summed E-state index contributed by atoms with van der Waals surface area (Å²) in [4.78, 5) is 12.2. The molecule has 0 aliphatic heterocycles. The molecule has 1 aromatic carbocycles. The van der Waals surface area contributed by atoms with Crippen LogP contribution < -0.4 is 9.88 Å². The molecule has 0 saturated carbocycles. The third-order valence-corrected chi connectivity index (χ3v) is 4.22. The van der Waals surface area contributed by atoms with Crippen LogP contribution in [-0.4, -0.2) is 20.8 Å². The van der Waals surface area contributed by atoms with Gasteiger partial charge >= 0.3 is 6.03 Å². The molecule has 0 bridgehead atoms. The predicted octanol–water partition coefficient (Wildman–Crippen LogP) is 3.45. The highest BCUT2D eigenvalue weighted by Crippen LogP contribution is 2.21. The van der Waals surface area contributed by atoms with Gasteiger partial charge in [-0.2, -0.15) is 0 Å². The minimum absolute atomic E-state index is 0.0252. The Balaban J connectivity index is 2.94. The molecule has 2 amide bonds. The maximum atomic E-state index is 12.2. The molecule has 0 heterocycles. The van der Waals surface area contributed by atoms with Crippen LogP contribution in [0.5, 0.6) is 0 Å². The second kappa shape index (κ2) is 5.86. The van der Waals surface area contributed by atoms with Gasteiger partial charge in [0.1, 0.15) is 0 Å². The van der Waals surface area contributed by atoms with Crippen molar-refractivity contribution in [3.63, 3.8) is 0 Å². The molecular formula is C13H22N2OSi. The van der Waals surface area contributed by atoms with E-state index < -0.39 is 8.24 Å². The fourth-order valence-corrected chi connectivity index (χ4v) is 3.31. The Bertz CT molecular complexity index is 359. The summed E-state index contributed by atoms with van der Waals surface area (Å²) in [5, 5.41) is 2.96. The fraction of sp³-hybridized carbons (Fsp3) is 0.462. The minimum atomic E-state index is -1.72. The molecule has 4 heteroatoms. The standard InChI is InChI=1S/C13H22N2OSi/c1-5-11-14-13(16)15(17(2,3)4)12-9-7-6-8-10-12/h6-10H,5,11H2,1-4H3,(H,14,16). The number of anilines is 1. The van der Waals surface area contributed by atoms with Crippen molar-refractivity contribution in [1.82, 2.24) is 5.32 Å². The Morgan fingerprint density at radius 3 is 2.29 bits per heavy atom. The second-order valence-electron chi connectivity index (χ2n) is 5.07. The molecule has 3 nitrogen and oxygen atoms in total. The minimum Gasteiger partial charge on any atom is -0.338 e. The number of nitrogens with one attached hydrogen (secondary N) is 1. The summed E-state index contributed by atoms with van der Waals surface area (Å²) in [7, 11) is -1.72. The maximum Gasteiger partial charge on any atom is 0.313 e. The third-order valence-electron chi connectivity index (χ3n) is 2.41. The number of urea groups is 1. The van der Waals surface area contributed by atoms with Gasteiger partial charge in [-0.15, -0.1) is 0 Å². The van der Waals surface area contributed by atoms with Gasteiger partial charge in [0.2, 0.25) is 0 Å². The van der Waals surface area contributed by atoms with Crippen molar-refractivity contribution < 1.29 is 4.79 Å². The predicted molar refractivity (Wildman–Crippen MR) is 76.0 cm³/mol. The van der Waals surface area contributed by atoms with Crippen molar-refractivity contribution in [2.24, 2.45) is 0 Å². The van der Waals surface area contributed by atoms with Gasteiger partial charge in [-0.25, -0.2) is 4.79 Å². The average Bonchev–Trinajstić information content (AvgIpc) is 2.26. The number of hydrogen-bond acceptors (Lipinski definition) is 1. The van der Waals surface area contributed by atoms with E-state index in [0.717, 1.165) is 18.7 Å². The van der Waals surface area contributed by atoms with E-state index in [1.165, 1.54) is 0 Å². The Morgan fingerprint density at radius 1 is 1.24 bits per heavy atom. The molecular weight excluding hydrogens is 228 g/mol. The summed E-state index contributed by atoms with van der Waals surface area (Å²) < 4.78 is 1.93. The van der Waals surface area contributed by atoms with Crippen molar-refractivity contribution in [2.75, 3.05) is 11.1 Å². The molecule has 0 atom stereocenters. The molecule has 1 N–H and O–H groups in total. The van der Waals surface area contributed by atoms with Crippen LogP contribution in [0.25, 0.3) is 0 Å². The molecule has 1 aromatic rings. The molecule has 0 aliphatic carbocycles. The molecule has 17 heavy (non-hydrogen) atoms. The lowest BCUT2D eigenvalue weighted by atomic mass is 10.3. The molecule has 0 aliphatic rings. The quantitative estimate of drug-likeness (QED) is 0.816. The first-order valence-electron chi connectivity index (χ1n) is 6.10. The van der Waals surface area contributed by atoms with Crippen LogP contribution in [0.4, 0.5) is 10.5 Å². The van der Waals surface area contributed by atoms with Crippen LogP contribution in [-0.2, 0) is 0 Å². The summed E-state index contributed by atoms with van der Waals surface area (Å²) >= 11 is 0. The van der Waals surface area contributed by atoms with Gasteiger partial charge in [-0.1, -0.05) is 44.8 Å². The smallest absolute Gasteiger partial charge is 0.313 e. The monoisotopic (exact) mass is 250 g/mol. The number of rotatable bonds is 4. The van der Waals surface area contributed by atoms with Crippen LogP contribution in [0.1, 0.15) is 13.3 Å². The van der Waals surface area contributed by atoms with Crippen LogP contribution in [0.3, 0.4) is 0 Å². The van der Waals surface area contributed by atoms with Crippen molar-refractivity contribution >= 4 is 20.0 Å². The van der Waals surface area contributed by atoms with Crippen LogP contribution in [0, 0.1) is 0 Å². The first-order chi connectivity index (χ1) is 7.96. The number of carbonyl (C=O) groups excluding carboxylic acids is 1. The highest BCUT2D eigenvalue weighted by molar-refractivity contribution is 6.83. The number of amides is 2. The number of para-hydroxylation sites is 1. The van der Waals surface area contributed by atoms with Gasteiger partial charge in [0, 0.05) is 12.2 Å². The van der Waals surface area contributed by atoms with E-state index >= 15 is 0 Å². The summed E-state index contributed by atoms with van der Waals surface area (Å²) in [6, 6.07) is 9.91. The van der Waals surface area contributed by atoms with E-state index in [1.54, 1.807) is 0 Å². The highest BCUT2D eigenvalue weighted by Gasteiger charge is 2.29. The van der Waals surface area contributed by atoms with E-state index in [9.17, 15) is 4.79 Å². The zero-order chi connectivity index (χ0) is 12.9. The maximum absolute atomic E-state index is 12.2. The van der Waals surface area contributed by atoms with Crippen molar-refractivity contribution in [3.05, 3.63) is 30.3 Å². The van der Waals surface area contributed by atoms with Crippen molar-refractivity contribution in [2.45, 2.75) is 33.0 Å². The first-order valence-corrected chi connectivity index (χ1v) is 9.54. The number of carbonyl (C=O) groups is 1. The zero-order valence-electron chi connectivity index (χ0n) is 11.2. The van der Waals surface area contributed by atoms with Crippen molar-refractivity contribution in [1.29, 1.82) is 0 Å². The Hall–Kier alpha value is -1.29. The van der Waals surface area contributed by atoms with E-state index in [1.807, 2.05) is 34.9 Å². The molecule has 1 rings (SSSR count). The topological polar surface area (TPSA) is 32.3 Å². The summed E-state index contributed by atoms with van der Waals surface area (Å²) in [6.45, 7) is 9.30. The van der Waals surface area contributed by atoms with Crippen LogP contribution in [0.15, 0.2) is 30.3 Å². The lowest BCUT2D eigenvalue weighted by molar-refractivity contribution is 0.249. The highest BCUT2D eigenvalue weighted by atomic mass is 28.3. The Kier molecular flexibility index (Phi) is 4.75. The summed E-state index contributed by atoms with van der Waals surface area (Å²) in [5.41, 5.74) is 0.986. The number of nitrogens with zero attached hydrogens (tertiary/aromatic N) is 1. The van der Waals surface area contributed by atoms with Crippen LogP contribution >= 0.6 is 0 Å². The second-order valence-corrected chi connectivity index (χ2v) is 9.86. The third kappa shape index (κ3) is 3.89. The lowest BCUT2D eigenvalue weighted by Crippen LogP contribution is -2.54. The molecule has 0 spiro atoms. The van der Waals surface area contributed by atoms with Gasteiger partial charge in [0.25, 0.3) is 0 Å². The molecule has 0 radical (unpaired) electrons. The molecule has 94 valence electrons. The number of benzene rings is 1. The largest absolute Gasteiger partial charge is 0.338 e. The van der Waals surface area contributed by atoms with Crippen LogP contribution in [0.2, 0.25) is 19.6 Å². The van der Waals surface area contributed by atoms with Gasteiger partial charge in [-0.05, 0) is 18.6 Å². The molecule has 0 unspecified atom stereocenters. The molecule has 0 aromatic heterocycles. The Labute approximate surface area is 105 Å². The van der Waals surface area contributed by atoms with E-state index in [2.05, 4.69) is 31.9 Å².